The van der Waals surface area contributed by atoms with Crippen LogP contribution in [0.15, 0.2) is 0 Å². The van der Waals surface area contributed by atoms with Crippen molar-refractivity contribution in [2.24, 2.45) is 0 Å². The normalized spacial score (nSPS) is 10.5. The van der Waals surface area contributed by atoms with Gasteiger partial charge in [-0.3, -0.25) is 0 Å². The van der Waals surface area contributed by atoms with Gasteiger partial charge in [-0.05, 0) is 38.9 Å². The van der Waals surface area contributed by atoms with E-state index in [2.05, 4.69) is 26.1 Å². The van der Waals surface area contributed by atoms with Crippen molar-refractivity contribution >= 4 is 11.3 Å². The highest BCUT2D eigenvalue weighted by atomic mass is 32.1. The van der Waals surface area contributed by atoms with E-state index in [1.54, 1.807) is 0 Å². The topological polar surface area (TPSA) is 12.0 Å². The Labute approximate surface area is 72.4 Å². The molecule has 2 heteroatoms. The Balaban J connectivity index is 2.98. The molecular weight excluding hydrogens is 154 g/mol. The minimum atomic E-state index is 1.01. The van der Waals surface area contributed by atoms with E-state index in [4.69, 9.17) is 0 Å². The summed E-state index contributed by atoms with van der Waals surface area (Å²) in [5.41, 5.74) is 2.92. The van der Waals surface area contributed by atoms with Crippen molar-refractivity contribution in [1.29, 1.82) is 0 Å². The number of thiophene rings is 1. The molecule has 0 aliphatic rings. The smallest absolute Gasteiger partial charge is 0.0299 e. The molecule has 1 aromatic heterocycles. The molecular formula is C9H15NS. The predicted molar refractivity (Wildman–Crippen MR) is 51.3 cm³/mol. The molecule has 0 aliphatic heterocycles. The summed E-state index contributed by atoms with van der Waals surface area (Å²) in [7, 11) is 1.99. The van der Waals surface area contributed by atoms with Crippen molar-refractivity contribution in [2.45, 2.75) is 27.3 Å². The van der Waals surface area contributed by atoms with Crippen molar-refractivity contribution in [1.82, 2.24) is 5.32 Å². The summed E-state index contributed by atoms with van der Waals surface area (Å²) in [4.78, 5) is 2.93. The molecule has 0 atom stereocenters. The SMILES string of the molecule is CNCc1sc(C)c(C)c1C. The molecule has 0 aliphatic carbocycles. The van der Waals surface area contributed by atoms with Crippen LogP contribution in [-0.4, -0.2) is 7.05 Å². The third kappa shape index (κ3) is 1.63. The molecule has 0 amide bonds. The molecule has 1 N–H and O–H groups in total. The summed E-state index contributed by atoms with van der Waals surface area (Å²) in [6.07, 6.45) is 0. The zero-order valence-corrected chi connectivity index (χ0v) is 8.43. The largest absolute Gasteiger partial charge is 0.315 e. The van der Waals surface area contributed by atoms with E-state index in [0.29, 0.717) is 0 Å². The van der Waals surface area contributed by atoms with Crippen molar-refractivity contribution in [2.75, 3.05) is 7.05 Å². The van der Waals surface area contributed by atoms with Crippen LogP contribution >= 0.6 is 11.3 Å². The van der Waals surface area contributed by atoms with Crippen LogP contribution in [0.3, 0.4) is 0 Å². The third-order valence-corrected chi connectivity index (χ3v) is 3.43. The van der Waals surface area contributed by atoms with E-state index >= 15 is 0 Å². The molecule has 0 bridgehead atoms. The molecule has 0 radical (unpaired) electrons. The summed E-state index contributed by atoms with van der Waals surface area (Å²) in [5, 5.41) is 3.18. The van der Waals surface area contributed by atoms with Crippen LogP contribution in [0, 0.1) is 20.8 Å². The van der Waals surface area contributed by atoms with Gasteiger partial charge in [-0.2, -0.15) is 0 Å². The molecule has 0 spiro atoms. The molecule has 0 saturated heterocycles. The maximum atomic E-state index is 3.18. The fourth-order valence-corrected chi connectivity index (χ4v) is 2.34. The second-order valence-electron chi connectivity index (χ2n) is 2.86. The number of nitrogens with one attached hydrogen (secondary N) is 1. The number of hydrogen-bond acceptors (Lipinski definition) is 2. The van der Waals surface area contributed by atoms with Crippen LogP contribution in [-0.2, 0) is 6.54 Å². The molecule has 1 nitrogen and oxygen atoms in total. The number of aryl methyl sites for hydroxylation is 1. The minimum Gasteiger partial charge on any atom is -0.315 e. The van der Waals surface area contributed by atoms with E-state index < -0.39 is 0 Å². The highest BCUT2D eigenvalue weighted by molar-refractivity contribution is 7.12. The van der Waals surface area contributed by atoms with E-state index in [-0.39, 0.29) is 0 Å². The summed E-state index contributed by atoms with van der Waals surface area (Å²) >= 11 is 1.90. The van der Waals surface area contributed by atoms with Crippen molar-refractivity contribution < 1.29 is 0 Å². The Morgan fingerprint density at radius 2 is 1.82 bits per heavy atom. The van der Waals surface area contributed by atoms with Gasteiger partial charge in [-0.25, -0.2) is 0 Å². The number of hydrogen-bond donors (Lipinski definition) is 1. The lowest BCUT2D eigenvalue weighted by Crippen LogP contribution is -2.04. The van der Waals surface area contributed by atoms with Gasteiger partial charge in [0.15, 0.2) is 0 Å². The van der Waals surface area contributed by atoms with Crippen LogP contribution in [0.1, 0.15) is 20.9 Å². The van der Waals surface area contributed by atoms with Crippen LogP contribution in [0.25, 0.3) is 0 Å². The van der Waals surface area contributed by atoms with Crippen LogP contribution < -0.4 is 5.32 Å². The molecule has 62 valence electrons. The van der Waals surface area contributed by atoms with Crippen molar-refractivity contribution in [3.8, 4) is 0 Å². The fraction of sp³-hybridized carbons (Fsp3) is 0.556. The van der Waals surface area contributed by atoms with Crippen molar-refractivity contribution in [3.05, 3.63) is 20.9 Å². The van der Waals surface area contributed by atoms with Gasteiger partial charge in [0.05, 0.1) is 0 Å². The van der Waals surface area contributed by atoms with E-state index in [1.165, 1.54) is 20.9 Å². The summed E-state index contributed by atoms with van der Waals surface area (Å²) in [5.74, 6) is 0. The molecule has 1 heterocycles. The first-order valence-corrected chi connectivity index (χ1v) is 4.68. The Morgan fingerprint density at radius 3 is 2.18 bits per heavy atom. The maximum Gasteiger partial charge on any atom is 0.0299 e. The Morgan fingerprint density at radius 1 is 1.18 bits per heavy atom. The number of rotatable bonds is 2. The molecule has 0 aromatic carbocycles. The first-order chi connectivity index (χ1) is 5.16. The lowest BCUT2D eigenvalue weighted by Gasteiger charge is -1.96. The Hall–Kier alpha value is -0.340. The van der Waals surface area contributed by atoms with Gasteiger partial charge in [0.1, 0.15) is 0 Å². The van der Waals surface area contributed by atoms with E-state index in [1.807, 2.05) is 18.4 Å². The summed E-state index contributed by atoms with van der Waals surface area (Å²) in [6.45, 7) is 7.59. The molecule has 1 rings (SSSR count). The molecule has 11 heavy (non-hydrogen) atoms. The zero-order chi connectivity index (χ0) is 8.43. The maximum absolute atomic E-state index is 3.18. The van der Waals surface area contributed by atoms with E-state index in [9.17, 15) is 0 Å². The van der Waals surface area contributed by atoms with Crippen LogP contribution in [0.4, 0.5) is 0 Å². The molecule has 0 fully saturated rings. The van der Waals surface area contributed by atoms with Gasteiger partial charge in [0.2, 0.25) is 0 Å². The van der Waals surface area contributed by atoms with Gasteiger partial charge in [0, 0.05) is 16.3 Å². The molecule has 0 unspecified atom stereocenters. The van der Waals surface area contributed by atoms with E-state index in [0.717, 1.165) is 6.54 Å². The summed E-state index contributed by atoms with van der Waals surface area (Å²) in [6, 6.07) is 0. The van der Waals surface area contributed by atoms with Crippen LogP contribution in [0.5, 0.6) is 0 Å². The predicted octanol–water partition coefficient (Wildman–Crippen LogP) is 2.39. The van der Waals surface area contributed by atoms with Crippen molar-refractivity contribution in [3.63, 3.8) is 0 Å². The highest BCUT2D eigenvalue weighted by Crippen LogP contribution is 2.25. The third-order valence-electron chi connectivity index (χ3n) is 2.12. The van der Waals surface area contributed by atoms with Crippen LogP contribution in [0.2, 0.25) is 0 Å². The fourth-order valence-electron chi connectivity index (χ4n) is 1.14. The Kier molecular flexibility index (Phi) is 2.68. The average Bonchev–Trinajstić information content (AvgIpc) is 2.19. The Bertz CT molecular complexity index is 250. The van der Waals surface area contributed by atoms with Gasteiger partial charge in [-0.15, -0.1) is 11.3 Å². The first kappa shape index (κ1) is 8.75. The molecule has 1 aromatic rings. The zero-order valence-electron chi connectivity index (χ0n) is 7.62. The van der Waals surface area contributed by atoms with Gasteiger partial charge < -0.3 is 5.32 Å². The second-order valence-corrected chi connectivity index (χ2v) is 4.17. The van der Waals surface area contributed by atoms with Gasteiger partial charge in [0.25, 0.3) is 0 Å². The lowest BCUT2D eigenvalue weighted by atomic mass is 10.1. The standard InChI is InChI=1S/C9H15NS/c1-6-7(2)9(5-10-4)11-8(6)3/h10H,5H2,1-4H3. The quantitative estimate of drug-likeness (QED) is 0.717. The monoisotopic (exact) mass is 169 g/mol. The second kappa shape index (κ2) is 3.37. The first-order valence-electron chi connectivity index (χ1n) is 3.87. The minimum absolute atomic E-state index is 1.01. The molecule has 0 saturated carbocycles. The lowest BCUT2D eigenvalue weighted by molar-refractivity contribution is 0.826. The van der Waals surface area contributed by atoms with Gasteiger partial charge in [-0.1, -0.05) is 0 Å². The highest BCUT2D eigenvalue weighted by Gasteiger charge is 2.06. The average molecular weight is 169 g/mol. The summed E-state index contributed by atoms with van der Waals surface area (Å²) < 4.78 is 0. The van der Waals surface area contributed by atoms with Gasteiger partial charge >= 0.3 is 0 Å².